The Morgan fingerprint density at radius 1 is 0.920 bits per heavy atom. The normalized spacial score (nSPS) is 31.6. The van der Waals surface area contributed by atoms with E-state index < -0.39 is 5.60 Å². The van der Waals surface area contributed by atoms with Crippen molar-refractivity contribution < 1.29 is 33.3 Å². The van der Waals surface area contributed by atoms with E-state index in [4.69, 9.17) is 18.9 Å². The number of benzene rings is 1. The first-order chi connectivity index (χ1) is 23.4. The fourth-order valence-corrected chi connectivity index (χ4v) is 9.75. The van der Waals surface area contributed by atoms with Gasteiger partial charge in [-0.2, -0.15) is 0 Å². The molecule has 1 saturated heterocycles. The van der Waals surface area contributed by atoms with Crippen LogP contribution in [0.15, 0.2) is 47.6 Å². The van der Waals surface area contributed by atoms with Crippen molar-refractivity contribution in [3.8, 4) is 11.5 Å². The number of rotatable bonds is 11. The van der Waals surface area contributed by atoms with Gasteiger partial charge in [-0.05, 0) is 118 Å². The summed E-state index contributed by atoms with van der Waals surface area (Å²) in [6.45, 7) is 18.2. The summed E-state index contributed by atoms with van der Waals surface area (Å²) in [5.74, 6) is 2.87. The Hall–Kier alpha value is -2.68. The topological polar surface area (TPSA) is 91.4 Å². The van der Waals surface area contributed by atoms with Gasteiger partial charge in [-0.1, -0.05) is 38.8 Å². The number of allylic oxidation sites excluding steroid dienone is 4. The first-order valence-corrected chi connectivity index (χ1v) is 18.7. The molecular formula is C41H60ClNO7. The van der Waals surface area contributed by atoms with Gasteiger partial charge in [-0.15, -0.1) is 12.4 Å². The van der Waals surface area contributed by atoms with E-state index in [0.29, 0.717) is 30.6 Å². The fraction of sp³-hybridized carbons (Fsp3) is 0.683. The summed E-state index contributed by atoms with van der Waals surface area (Å²) in [6.07, 6.45) is 12.5. The Bertz CT molecular complexity index is 1400. The van der Waals surface area contributed by atoms with Crippen LogP contribution in [0.4, 0.5) is 0 Å². The van der Waals surface area contributed by atoms with Crippen molar-refractivity contribution >= 4 is 29.9 Å². The molecule has 4 aliphatic carbocycles. The number of fused-ring (bicyclic) bond motifs is 5. The molecule has 0 amide bonds. The van der Waals surface area contributed by atoms with Crippen LogP contribution in [0.2, 0.25) is 0 Å². The number of halogens is 1. The van der Waals surface area contributed by atoms with E-state index in [1.54, 1.807) is 6.92 Å². The summed E-state index contributed by atoms with van der Waals surface area (Å²) in [6, 6.07) is 7.92. The third-order valence-corrected chi connectivity index (χ3v) is 12.4. The summed E-state index contributed by atoms with van der Waals surface area (Å²) < 4.78 is 22.6. The van der Waals surface area contributed by atoms with Gasteiger partial charge in [0.25, 0.3) is 0 Å². The van der Waals surface area contributed by atoms with Crippen LogP contribution in [0.1, 0.15) is 99.3 Å². The molecule has 1 aromatic carbocycles. The summed E-state index contributed by atoms with van der Waals surface area (Å²) in [4.78, 5) is 39.2. The van der Waals surface area contributed by atoms with Gasteiger partial charge in [0.15, 0.2) is 17.2 Å². The number of hydrogen-bond acceptors (Lipinski definition) is 8. The molecule has 6 unspecified atom stereocenters. The van der Waals surface area contributed by atoms with Gasteiger partial charge in [0, 0.05) is 38.4 Å². The molecule has 8 nitrogen and oxygen atoms in total. The van der Waals surface area contributed by atoms with Crippen molar-refractivity contribution in [1.29, 1.82) is 0 Å². The van der Waals surface area contributed by atoms with Crippen molar-refractivity contribution in [2.75, 3.05) is 46.1 Å². The molecule has 6 atom stereocenters. The van der Waals surface area contributed by atoms with Crippen LogP contribution in [0.3, 0.4) is 0 Å². The number of nitrogens with zero attached hydrogens (tertiary/aromatic N) is 1. The van der Waals surface area contributed by atoms with Gasteiger partial charge in [0.2, 0.25) is 0 Å². The Morgan fingerprint density at radius 2 is 1.54 bits per heavy atom. The number of esters is 1. The molecule has 0 aromatic heterocycles. The van der Waals surface area contributed by atoms with Gasteiger partial charge in [0.1, 0.15) is 11.5 Å². The molecule has 50 heavy (non-hydrogen) atoms. The van der Waals surface area contributed by atoms with Gasteiger partial charge >= 0.3 is 5.97 Å². The van der Waals surface area contributed by atoms with Crippen molar-refractivity contribution in [2.24, 2.45) is 28.6 Å². The first kappa shape index (κ1) is 40.1. The van der Waals surface area contributed by atoms with E-state index in [9.17, 15) is 14.4 Å². The second kappa shape index (κ2) is 17.2. The van der Waals surface area contributed by atoms with Crippen molar-refractivity contribution in [3.63, 3.8) is 0 Å². The highest BCUT2D eigenvalue weighted by Crippen LogP contribution is 2.67. The van der Waals surface area contributed by atoms with Crippen LogP contribution >= 0.6 is 12.4 Å². The molecule has 3 fully saturated rings. The zero-order chi connectivity index (χ0) is 35.2. The number of carbonyl (C=O) groups is 3. The summed E-state index contributed by atoms with van der Waals surface area (Å²) in [7, 11) is 0. The van der Waals surface area contributed by atoms with E-state index in [1.807, 2.05) is 30.3 Å². The van der Waals surface area contributed by atoms with Crippen LogP contribution in [-0.4, -0.2) is 74.1 Å². The molecule has 6 rings (SSSR count). The SMILES string of the molecule is CC(=O)OC1(C(C)=O)CCC2C3C=C(C)C4=CC(=O)CCC4(C)C3CCC21C.CCCCOc1ccc(OCCCN2CCOCC2)cc1.Cl. The third-order valence-electron chi connectivity index (χ3n) is 12.4. The van der Waals surface area contributed by atoms with Crippen LogP contribution in [0.5, 0.6) is 11.5 Å². The number of unbranched alkanes of at least 4 members (excludes halogenated alkanes) is 1. The molecule has 0 bridgehead atoms. The highest BCUT2D eigenvalue weighted by atomic mass is 35.5. The number of hydrogen-bond donors (Lipinski definition) is 0. The second-order valence-corrected chi connectivity index (χ2v) is 15.4. The summed E-state index contributed by atoms with van der Waals surface area (Å²) in [5, 5.41) is 0. The molecule has 1 aromatic rings. The molecular weight excluding hydrogens is 654 g/mol. The second-order valence-electron chi connectivity index (χ2n) is 15.4. The van der Waals surface area contributed by atoms with E-state index in [2.05, 4.69) is 38.7 Å². The molecule has 278 valence electrons. The van der Waals surface area contributed by atoms with E-state index >= 15 is 0 Å². The highest BCUT2D eigenvalue weighted by molar-refractivity contribution is 5.92. The molecule has 1 aliphatic heterocycles. The predicted molar refractivity (Wildman–Crippen MR) is 198 cm³/mol. The van der Waals surface area contributed by atoms with Crippen molar-refractivity contribution in [1.82, 2.24) is 4.90 Å². The molecule has 1 heterocycles. The zero-order valence-electron chi connectivity index (χ0n) is 31.2. The van der Waals surface area contributed by atoms with Crippen LogP contribution in [0, 0.1) is 28.6 Å². The third kappa shape index (κ3) is 8.34. The average Bonchev–Trinajstić information content (AvgIpc) is 3.38. The Morgan fingerprint density at radius 3 is 2.14 bits per heavy atom. The number of morpholine rings is 1. The molecule has 5 aliphatic rings. The lowest BCUT2D eigenvalue weighted by molar-refractivity contribution is -0.185. The molecule has 0 spiro atoms. The lowest BCUT2D eigenvalue weighted by atomic mass is 9.47. The van der Waals surface area contributed by atoms with Crippen molar-refractivity contribution in [2.45, 2.75) is 105 Å². The monoisotopic (exact) mass is 713 g/mol. The highest BCUT2D eigenvalue weighted by Gasteiger charge is 2.67. The van der Waals surface area contributed by atoms with Crippen LogP contribution in [-0.2, 0) is 23.9 Å². The van der Waals surface area contributed by atoms with Crippen LogP contribution in [0.25, 0.3) is 0 Å². The largest absolute Gasteiger partial charge is 0.494 e. The van der Waals surface area contributed by atoms with E-state index in [1.165, 1.54) is 18.1 Å². The minimum absolute atomic E-state index is 0. The van der Waals surface area contributed by atoms with Crippen LogP contribution < -0.4 is 9.47 Å². The summed E-state index contributed by atoms with van der Waals surface area (Å²) in [5.41, 5.74) is 1.15. The number of carbonyl (C=O) groups excluding carboxylic acids is 3. The van der Waals surface area contributed by atoms with Gasteiger partial charge in [-0.3, -0.25) is 19.3 Å². The predicted octanol–water partition coefficient (Wildman–Crippen LogP) is 7.96. The molecule has 0 N–H and O–H groups in total. The minimum atomic E-state index is -0.990. The number of ketones is 2. The average molecular weight is 714 g/mol. The Kier molecular flexibility index (Phi) is 13.8. The van der Waals surface area contributed by atoms with Gasteiger partial charge < -0.3 is 18.9 Å². The van der Waals surface area contributed by atoms with Gasteiger partial charge in [-0.25, -0.2) is 0 Å². The fourth-order valence-electron chi connectivity index (χ4n) is 9.75. The zero-order valence-corrected chi connectivity index (χ0v) is 32.0. The molecule has 0 radical (unpaired) electrons. The maximum Gasteiger partial charge on any atom is 0.303 e. The molecule has 9 heteroatoms. The lowest BCUT2D eigenvalue weighted by Gasteiger charge is -2.58. The van der Waals surface area contributed by atoms with E-state index in [0.717, 1.165) is 103 Å². The maximum atomic E-state index is 12.8. The lowest BCUT2D eigenvalue weighted by Crippen LogP contribution is -2.58. The van der Waals surface area contributed by atoms with E-state index in [-0.39, 0.29) is 40.8 Å². The first-order valence-electron chi connectivity index (χ1n) is 18.7. The standard InChI is InChI=1S/C24H32O4.C17H27NO3.ClH/c1-14-12-18-19(22(4)9-6-17(27)13-21(14)22)7-10-23(5)20(18)8-11-24(23,15(2)25)28-16(3)26;1-2-3-12-20-16-5-7-17(8-6-16)21-13-4-9-18-10-14-19-15-11-18;/h12-13,18-20H,6-11H2,1-5H3;5-8H,2-4,9-15H2,1H3;1H. The number of ether oxygens (including phenoxy) is 4. The maximum absolute atomic E-state index is 12.8. The van der Waals surface area contributed by atoms with Gasteiger partial charge in [0.05, 0.1) is 26.4 Å². The minimum Gasteiger partial charge on any atom is -0.494 e. The molecule has 2 saturated carbocycles. The smallest absolute Gasteiger partial charge is 0.303 e. The Labute approximate surface area is 306 Å². The quantitative estimate of drug-likeness (QED) is 0.169. The Balaban J connectivity index is 0.000000230. The van der Waals surface area contributed by atoms with Crippen molar-refractivity contribution in [3.05, 3.63) is 47.6 Å². The summed E-state index contributed by atoms with van der Waals surface area (Å²) >= 11 is 0. The number of Topliss-reactive ketones (excluding diaryl/α,β-unsaturated/α-hetero) is 1.